The van der Waals surface area contributed by atoms with E-state index < -0.39 is 11.6 Å². The summed E-state index contributed by atoms with van der Waals surface area (Å²) in [7, 11) is 0. The number of hydrogen-bond acceptors (Lipinski definition) is 1. The van der Waals surface area contributed by atoms with E-state index in [1.165, 1.54) is 6.07 Å². The van der Waals surface area contributed by atoms with Crippen LogP contribution < -0.4 is 5.32 Å². The van der Waals surface area contributed by atoms with Crippen molar-refractivity contribution in [1.82, 2.24) is 0 Å². The summed E-state index contributed by atoms with van der Waals surface area (Å²) in [6.07, 6.45) is 0. The zero-order valence-corrected chi connectivity index (χ0v) is 9.79. The standard InChI is InChI=1S/C15H13F2N/c1-11(12-5-3-2-4-6-12)10-18-13-7-8-14(16)15(17)9-13/h2-9,18H,1,10H2. The molecular weight excluding hydrogens is 232 g/mol. The molecule has 0 spiro atoms. The predicted octanol–water partition coefficient (Wildman–Crippen LogP) is 4.09. The van der Waals surface area contributed by atoms with Gasteiger partial charge in [-0.3, -0.25) is 0 Å². The predicted molar refractivity (Wildman–Crippen MR) is 70.3 cm³/mol. The molecule has 1 N–H and O–H groups in total. The van der Waals surface area contributed by atoms with Crippen molar-refractivity contribution >= 4 is 11.3 Å². The van der Waals surface area contributed by atoms with Crippen LogP contribution in [0.5, 0.6) is 0 Å². The highest BCUT2D eigenvalue weighted by Crippen LogP contribution is 2.16. The molecule has 3 heteroatoms. The van der Waals surface area contributed by atoms with Gasteiger partial charge < -0.3 is 5.32 Å². The third kappa shape index (κ3) is 2.94. The molecule has 0 fully saturated rings. The highest BCUT2D eigenvalue weighted by molar-refractivity contribution is 5.67. The average molecular weight is 245 g/mol. The van der Waals surface area contributed by atoms with Gasteiger partial charge in [0.05, 0.1) is 0 Å². The van der Waals surface area contributed by atoms with Crippen molar-refractivity contribution in [2.24, 2.45) is 0 Å². The van der Waals surface area contributed by atoms with E-state index in [1.54, 1.807) is 0 Å². The lowest BCUT2D eigenvalue weighted by atomic mass is 10.1. The maximum atomic E-state index is 13.0. The molecule has 0 atom stereocenters. The van der Waals surface area contributed by atoms with Crippen LogP contribution in [0.2, 0.25) is 0 Å². The Bertz CT molecular complexity index is 550. The van der Waals surface area contributed by atoms with Gasteiger partial charge in [0, 0.05) is 18.3 Å². The van der Waals surface area contributed by atoms with E-state index in [4.69, 9.17) is 0 Å². The quantitative estimate of drug-likeness (QED) is 0.855. The summed E-state index contributed by atoms with van der Waals surface area (Å²) in [5, 5.41) is 3.00. The summed E-state index contributed by atoms with van der Waals surface area (Å²) in [4.78, 5) is 0. The molecule has 0 heterocycles. The van der Waals surface area contributed by atoms with Gasteiger partial charge in [-0.25, -0.2) is 8.78 Å². The highest BCUT2D eigenvalue weighted by Gasteiger charge is 2.03. The molecule has 18 heavy (non-hydrogen) atoms. The van der Waals surface area contributed by atoms with Crippen LogP contribution in [-0.2, 0) is 0 Å². The van der Waals surface area contributed by atoms with E-state index in [0.29, 0.717) is 12.2 Å². The second kappa shape index (κ2) is 5.45. The molecule has 0 saturated carbocycles. The maximum absolute atomic E-state index is 13.0. The van der Waals surface area contributed by atoms with Crippen LogP contribution >= 0.6 is 0 Å². The summed E-state index contributed by atoms with van der Waals surface area (Å²) in [6.45, 7) is 4.43. The minimum absolute atomic E-state index is 0.481. The SMILES string of the molecule is C=C(CNc1ccc(F)c(F)c1)c1ccccc1. The van der Waals surface area contributed by atoms with Crippen molar-refractivity contribution in [3.8, 4) is 0 Å². The van der Waals surface area contributed by atoms with Gasteiger partial charge in [0.2, 0.25) is 0 Å². The molecule has 0 aliphatic heterocycles. The molecule has 0 aromatic heterocycles. The zero-order valence-electron chi connectivity index (χ0n) is 9.79. The van der Waals surface area contributed by atoms with Crippen LogP contribution in [0, 0.1) is 11.6 Å². The molecule has 2 aromatic carbocycles. The molecule has 92 valence electrons. The van der Waals surface area contributed by atoms with Gasteiger partial charge in [0.15, 0.2) is 11.6 Å². The van der Waals surface area contributed by atoms with E-state index in [1.807, 2.05) is 30.3 Å². The summed E-state index contributed by atoms with van der Waals surface area (Å²) >= 11 is 0. The van der Waals surface area contributed by atoms with Crippen molar-refractivity contribution in [3.63, 3.8) is 0 Å². The first-order valence-corrected chi connectivity index (χ1v) is 5.59. The van der Waals surface area contributed by atoms with Crippen molar-refractivity contribution in [3.05, 3.63) is 72.3 Å². The monoisotopic (exact) mass is 245 g/mol. The number of rotatable bonds is 4. The average Bonchev–Trinajstić information content (AvgIpc) is 2.41. The fourth-order valence-corrected chi connectivity index (χ4v) is 1.59. The Hall–Kier alpha value is -2.16. The molecule has 0 bridgehead atoms. The topological polar surface area (TPSA) is 12.0 Å². The van der Waals surface area contributed by atoms with Crippen molar-refractivity contribution in [1.29, 1.82) is 0 Å². The lowest BCUT2D eigenvalue weighted by molar-refractivity contribution is 0.509. The molecular formula is C15H13F2N. The Balaban J connectivity index is 1.99. The number of anilines is 1. The van der Waals surface area contributed by atoms with E-state index in [0.717, 1.165) is 23.3 Å². The zero-order chi connectivity index (χ0) is 13.0. The Morgan fingerprint density at radius 3 is 2.39 bits per heavy atom. The van der Waals surface area contributed by atoms with Crippen LogP contribution in [0.4, 0.5) is 14.5 Å². The normalized spacial score (nSPS) is 10.1. The van der Waals surface area contributed by atoms with Gasteiger partial charge in [0.25, 0.3) is 0 Å². The second-order valence-electron chi connectivity index (χ2n) is 3.95. The van der Waals surface area contributed by atoms with Crippen LogP contribution in [-0.4, -0.2) is 6.54 Å². The molecule has 0 aliphatic rings. The molecule has 0 amide bonds. The van der Waals surface area contributed by atoms with E-state index in [-0.39, 0.29) is 0 Å². The summed E-state index contributed by atoms with van der Waals surface area (Å²) < 4.78 is 25.7. The van der Waals surface area contributed by atoms with Crippen LogP contribution in [0.15, 0.2) is 55.1 Å². The van der Waals surface area contributed by atoms with Gasteiger partial charge in [-0.15, -0.1) is 0 Å². The van der Waals surface area contributed by atoms with Crippen LogP contribution in [0.1, 0.15) is 5.56 Å². The van der Waals surface area contributed by atoms with Gasteiger partial charge in [-0.05, 0) is 23.3 Å². The third-order valence-corrected chi connectivity index (χ3v) is 2.61. The van der Waals surface area contributed by atoms with Gasteiger partial charge >= 0.3 is 0 Å². The first-order chi connectivity index (χ1) is 8.66. The minimum Gasteiger partial charge on any atom is -0.381 e. The fraction of sp³-hybridized carbons (Fsp3) is 0.0667. The van der Waals surface area contributed by atoms with Gasteiger partial charge in [-0.1, -0.05) is 36.9 Å². The maximum Gasteiger partial charge on any atom is 0.160 e. The molecule has 0 aliphatic carbocycles. The molecule has 0 radical (unpaired) electrons. The van der Waals surface area contributed by atoms with Crippen molar-refractivity contribution < 1.29 is 8.78 Å². The van der Waals surface area contributed by atoms with Gasteiger partial charge in [-0.2, -0.15) is 0 Å². The van der Waals surface area contributed by atoms with E-state index >= 15 is 0 Å². The molecule has 1 nitrogen and oxygen atoms in total. The summed E-state index contributed by atoms with van der Waals surface area (Å²) in [5.74, 6) is -1.70. The van der Waals surface area contributed by atoms with Gasteiger partial charge in [0.1, 0.15) is 0 Å². The van der Waals surface area contributed by atoms with Crippen LogP contribution in [0.25, 0.3) is 5.57 Å². The Labute approximate surface area is 105 Å². The van der Waals surface area contributed by atoms with E-state index in [9.17, 15) is 8.78 Å². The smallest absolute Gasteiger partial charge is 0.160 e. The Morgan fingerprint density at radius 2 is 1.72 bits per heavy atom. The van der Waals surface area contributed by atoms with Crippen LogP contribution in [0.3, 0.4) is 0 Å². The largest absolute Gasteiger partial charge is 0.381 e. The summed E-state index contributed by atoms with van der Waals surface area (Å²) in [6, 6.07) is 13.4. The first-order valence-electron chi connectivity index (χ1n) is 5.59. The van der Waals surface area contributed by atoms with E-state index in [2.05, 4.69) is 11.9 Å². The number of hydrogen-bond donors (Lipinski definition) is 1. The third-order valence-electron chi connectivity index (χ3n) is 2.61. The molecule has 2 rings (SSSR count). The second-order valence-corrected chi connectivity index (χ2v) is 3.95. The molecule has 2 aromatic rings. The number of nitrogens with one attached hydrogen (secondary N) is 1. The number of halogens is 2. The highest BCUT2D eigenvalue weighted by atomic mass is 19.2. The number of benzene rings is 2. The molecule has 0 saturated heterocycles. The Morgan fingerprint density at radius 1 is 1.00 bits per heavy atom. The van der Waals surface area contributed by atoms with Crippen molar-refractivity contribution in [2.75, 3.05) is 11.9 Å². The molecule has 0 unspecified atom stereocenters. The summed E-state index contributed by atoms with van der Waals surface area (Å²) in [5.41, 5.74) is 2.44. The first kappa shape index (κ1) is 12.3. The minimum atomic E-state index is -0.856. The lowest BCUT2D eigenvalue weighted by Crippen LogP contribution is -2.04. The van der Waals surface area contributed by atoms with Crippen molar-refractivity contribution in [2.45, 2.75) is 0 Å². The fourth-order valence-electron chi connectivity index (χ4n) is 1.59. The Kier molecular flexibility index (Phi) is 3.72. The lowest BCUT2D eigenvalue weighted by Gasteiger charge is -2.09.